The van der Waals surface area contributed by atoms with Crippen LogP contribution in [0, 0.1) is 0 Å². The van der Waals surface area contributed by atoms with Crippen LogP contribution in [0.1, 0.15) is 51.0 Å². The van der Waals surface area contributed by atoms with E-state index >= 15 is 0 Å². The molecule has 0 heterocycles. The summed E-state index contributed by atoms with van der Waals surface area (Å²) in [7, 11) is 0. The van der Waals surface area contributed by atoms with Gasteiger partial charge in [0.1, 0.15) is 5.75 Å². The molecule has 4 N–H and O–H groups in total. The fourth-order valence-corrected chi connectivity index (χ4v) is 2.53. The van der Waals surface area contributed by atoms with Gasteiger partial charge in [-0.2, -0.15) is 0 Å². The lowest BCUT2D eigenvalue weighted by Crippen LogP contribution is -2.33. The molecule has 0 unspecified atom stereocenters. The molecule has 0 spiro atoms. The van der Waals surface area contributed by atoms with Gasteiger partial charge >= 0.3 is 0 Å². The molecule has 1 aromatic carbocycles. The van der Waals surface area contributed by atoms with E-state index in [1.165, 1.54) is 24.8 Å². The summed E-state index contributed by atoms with van der Waals surface area (Å²) in [6.07, 6.45) is 7.82. The van der Waals surface area contributed by atoms with Gasteiger partial charge in [-0.1, -0.05) is 38.3 Å². The Morgan fingerprint density at radius 3 is 2.63 bits per heavy atom. The van der Waals surface area contributed by atoms with Gasteiger partial charge in [0, 0.05) is 19.1 Å². The fraction of sp³-hybridized carbons (Fsp3) is 0.600. The molecule has 1 aromatic rings. The van der Waals surface area contributed by atoms with Crippen molar-refractivity contribution in [3.8, 4) is 5.75 Å². The van der Waals surface area contributed by atoms with Crippen molar-refractivity contribution < 1.29 is 9.53 Å². The van der Waals surface area contributed by atoms with E-state index in [0.717, 1.165) is 38.8 Å². The van der Waals surface area contributed by atoms with Crippen LogP contribution in [0.15, 0.2) is 29.3 Å². The number of nitrogens with zero attached hydrogens (tertiary/aromatic N) is 1. The summed E-state index contributed by atoms with van der Waals surface area (Å²) in [5, 5.41) is 6.05. The number of nitrogens with one attached hydrogen (secondary N) is 2. The monoisotopic (exact) mass is 488 g/mol. The topological polar surface area (TPSA) is 88.7 Å². The predicted molar refractivity (Wildman–Crippen MR) is 121 cm³/mol. The van der Waals surface area contributed by atoms with Crippen molar-refractivity contribution in [2.45, 2.75) is 57.9 Å². The number of hydrogen-bond donors (Lipinski definition) is 3. The molecule has 2 rings (SSSR count). The van der Waals surface area contributed by atoms with Crippen LogP contribution in [0.4, 0.5) is 0 Å². The highest BCUT2D eigenvalue weighted by Gasteiger charge is 2.23. The second kappa shape index (κ2) is 13.6. The highest BCUT2D eigenvalue weighted by Crippen LogP contribution is 2.18. The van der Waals surface area contributed by atoms with Gasteiger partial charge in [-0.3, -0.25) is 9.79 Å². The van der Waals surface area contributed by atoms with Gasteiger partial charge in [0.05, 0.1) is 0 Å². The van der Waals surface area contributed by atoms with E-state index in [1.807, 2.05) is 24.3 Å². The highest BCUT2D eigenvalue weighted by atomic mass is 127. The normalized spacial score (nSPS) is 13.6. The van der Waals surface area contributed by atoms with Crippen molar-refractivity contribution in [1.29, 1.82) is 0 Å². The first-order valence-electron chi connectivity index (χ1n) is 9.72. The number of guanidine groups is 1. The maximum Gasteiger partial charge on any atom is 0.258 e. The maximum absolute atomic E-state index is 11.6. The molecule has 1 aliphatic carbocycles. The van der Waals surface area contributed by atoms with Crippen LogP contribution in [0.5, 0.6) is 5.75 Å². The second-order valence-corrected chi connectivity index (χ2v) is 6.78. The summed E-state index contributed by atoms with van der Waals surface area (Å²) in [4.78, 5) is 15.9. The average molecular weight is 488 g/mol. The molecule has 0 atom stereocenters. The van der Waals surface area contributed by atoms with Gasteiger partial charge in [-0.25, -0.2) is 0 Å². The first kappa shape index (κ1) is 23.5. The molecule has 0 radical (unpaired) electrons. The number of rotatable bonds is 12. The van der Waals surface area contributed by atoms with Crippen molar-refractivity contribution in [3.63, 3.8) is 0 Å². The minimum absolute atomic E-state index is 0. The van der Waals surface area contributed by atoms with E-state index in [0.29, 0.717) is 17.8 Å². The Labute approximate surface area is 179 Å². The van der Waals surface area contributed by atoms with Gasteiger partial charge in [-0.05, 0) is 43.4 Å². The minimum Gasteiger partial charge on any atom is -0.484 e. The molecule has 0 saturated heterocycles. The van der Waals surface area contributed by atoms with E-state index in [2.05, 4.69) is 22.5 Å². The first-order valence-corrected chi connectivity index (χ1v) is 9.72. The number of halogens is 1. The molecule has 7 heteroatoms. The average Bonchev–Trinajstić information content (AvgIpc) is 3.45. The van der Waals surface area contributed by atoms with Gasteiger partial charge in [0.2, 0.25) is 0 Å². The van der Waals surface area contributed by atoms with Crippen molar-refractivity contribution in [2.24, 2.45) is 10.7 Å². The summed E-state index contributed by atoms with van der Waals surface area (Å²) in [5.41, 5.74) is 7.05. The predicted octanol–water partition coefficient (Wildman–Crippen LogP) is 2.99. The lowest BCUT2D eigenvalue weighted by Gasteiger charge is -2.08. The van der Waals surface area contributed by atoms with Crippen LogP contribution in [0.3, 0.4) is 0 Å². The second-order valence-electron chi connectivity index (χ2n) is 6.78. The molecule has 6 nitrogen and oxygen atoms in total. The van der Waals surface area contributed by atoms with Crippen LogP contribution >= 0.6 is 24.0 Å². The van der Waals surface area contributed by atoms with E-state index in [1.54, 1.807) is 0 Å². The standard InChI is InChI=1S/C20H32N4O2.HI/c1-2-3-4-5-13-22-20(21)23-14-12-16-6-10-18(11-7-16)26-15-19(25)24-17-8-9-17;/h6-7,10-11,17H,2-5,8-9,12-15H2,1H3,(H,24,25)(H3,21,22,23);1H. The van der Waals surface area contributed by atoms with Crippen LogP contribution in [0.25, 0.3) is 0 Å². The Morgan fingerprint density at radius 1 is 1.22 bits per heavy atom. The number of hydrogen-bond acceptors (Lipinski definition) is 3. The molecular weight excluding hydrogens is 455 g/mol. The third-order valence-electron chi connectivity index (χ3n) is 4.25. The number of carbonyl (C=O) groups excluding carboxylic acids is 1. The lowest BCUT2D eigenvalue weighted by molar-refractivity contribution is -0.123. The Morgan fingerprint density at radius 2 is 1.96 bits per heavy atom. The summed E-state index contributed by atoms with van der Waals surface area (Å²) in [6, 6.07) is 8.17. The molecule has 1 saturated carbocycles. The summed E-state index contributed by atoms with van der Waals surface area (Å²) < 4.78 is 5.50. The van der Waals surface area contributed by atoms with E-state index in [4.69, 9.17) is 10.5 Å². The molecule has 1 fully saturated rings. The van der Waals surface area contributed by atoms with Crippen LogP contribution < -0.4 is 21.1 Å². The number of nitrogens with two attached hydrogens (primary N) is 1. The molecule has 1 amide bonds. The summed E-state index contributed by atoms with van der Waals surface area (Å²) >= 11 is 0. The van der Waals surface area contributed by atoms with Gasteiger partial charge in [0.25, 0.3) is 5.91 Å². The molecular formula is C20H33IN4O2. The molecule has 0 aliphatic heterocycles. The molecule has 0 bridgehead atoms. The number of ether oxygens (including phenoxy) is 1. The summed E-state index contributed by atoms with van der Waals surface area (Å²) in [5.74, 6) is 1.18. The zero-order chi connectivity index (χ0) is 18.6. The maximum atomic E-state index is 11.6. The number of benzene rings is 1. The smallest absolute Gasteiger partial charge is 0.258 e. The van der Waals surface area contributed by atoms with Crippen LogP contribution in [-0.4, -0.2) is 37.6 Å². The first-order chi connectivity index (χ1) is 12.7. The fourth-order valence-electron chi connectivity index (χ4n) is 2.53. The zero-order valence-corrected chi connectivity index (χ0v) is 18.5. The van der Waals surface area contributed by atoms with Crippen molar-refractivity contribution in [3.05, 3.63) is 29.8 Å². The number of aliphatic imine (C=N–C) groups is 1. The number of unbranched alkanes of at least 4 members (excludes halogenated alkanes) is 3. The minimum atomic E-state index is -0.0507. The third-order valence-corrected chi connectivity index (χ3v) is 4.25. The quantitative estimate of drug-likeness (QED) is 0.183. The van der Waals surface area contributed by atoms with Crippen molar-refractivity contribution >= 4 is 35.8 Å². The van der Waals surface area contributed by atoms with Crippen LogP contribution in [-0.2, 0) is 11.2 Å². The van der Waals surface area contributed by atoms with E-state index in [9.17, 15) is 4.79 Å². The zero-order valence-electron chi connectivity index (χ0n) is 16.2. The molecule has 27 heavy (non-hydrogen) atoms. The highest BCUT2D eigenvalue weighted by molar-refractivity contribution is 14.0. The van der Waals surface area contributed by atoms with Gasteiger partial charge in [-0.15, -0.1) is 24.0 Å². The van der Waals surface area contributed by atoms with E-state index < -0.39 is 0 Å². The third kappa shape index (κ3) is 11.0. The van der Waals surface area contributed by atoms with Gasteiger partial charge < -0.3 is 21.1 Å². The van der Waals surface area contributed by atoms with Crippen molar-refractivity contribution in [1.82, 2.24) is 10.6 Å². The number of amides is 1. The van der Waals surface area contributed by atoms with Crippen molar-refractivity contribution in [2.75, 3.05) is 19.7 Å². The Balaban J connectivity index is 0.00000364. The van der Waals surface area contributed by atoms with Gasteiger partial charge in [0.15, 0.2) is 12.6 Å². The Hall–Kier alpha value is -1.51. The Bertz CT molecular complexity index is 574. The summed E-state index contributed by atoms with van der Waals surface area (Å²) in [6.45, 7) is 3.81. The lowest BCUT2D eigenvalue weighted by atomic mass is 10.1. The number of carbonyl (C=O) groups is 1. The van der Waals surface area contributed by atoms with Crippen LogP contribution in [0.2, 0.25) is 0 Å². The molecule has 152 valence electrons. The molecule has 0 aromatic heterocycles. The van der Waals surface area contributed by atoms with E-state index in [-0.39, 0.29) is 36.5 Å². The Kier molecular flexibility index (Phi) is 11.9. The SMILES string of the molecule is CCCCCCN=C(N)NCCc1ccc(OCC(=O)NC2CC2)cc1.I. The largest absolute Gasteiger partial charge is 0.484 e. The molecule has 1 aliphatic rings.